The number of nitriles is 1. The number of nitrogens with one attached hydrogen (secondary N) is 1. The Hall–Kier alpha value is -2.65. The van der Waals surface area contributed by atoms with E-state index in [2.05, 4.69) is 50.5 Å². The van der Waals surface area contributed by atoms with Gasteiger partial charge in [0.15, 0.2) is 0 Å². The van der Waals surface area contributed by atoms with E-state index in [4.69, 9.17) is 4.74 Å². The van der Waals surface area contributed by atoms with Gasteiger partial charge >= 0.3 is 0 Å². The molecule has 5 nitrogen and oxygen atoms in total. The highest BCUT2D eigenvalue weighted by Crippen LogP contribution is 2.31. The lowest BCUT2D eigenvalue weighted by Crippen LogP contribution is -2.13. The van der Waals surface area contributed by atoms with Crippen molar-refractivity contribution in [2.45, 2.75) is 6.61 Å². The Morgan fingerprint density at radius 1 is 1.13 bits per heavy atom. The molecule has 2 N–H and O–H groups in total. The number of anilines is 1. The van der Waals surface area contributed by atoms with Crippen LogP contribution < -0.4 is 10.1 Å². The van der Waals surface area contributed by atoms with Crippen molar-refractivity contribution < 1.29 is 19.0 Å². The van der Waals surface area contributed by atoms with E-state index >= 15 is 0 Å². The van der Waals surface area contributed by atoms with Gasteiger partial charge in [0.05, 0.1) is 7.14 Å². The molecule has 0 aliphatic carbocycles. The molecule has 0 bridgehead atoms. The molecule has 0 aliphatic rings. The van der Waals surface area contributed by atoms with Gasteiger partial charge in [0, 0.05) is 11.3 Å². The predicted octanol–water partition coefficient (Wildman–Crippen LogP) is 5.87. The maximum absolute atomic E-state index is 13.8. The second-order valence-electron chi connectivity index (χ2n) is 6.36. The number of carbonyl (C=O) groups is 1. The number of carbonyl (C=O) groups excluding carboxylic acids is 1. The zero-order valence-corrected chi connectivity index (χ0v) is 20.2. The van der Waals surface area contributed by atoms with E-state index in [0.717, 1.165) is 7.14 Å². The topological polar surface area (TPSA) is 82.3 Å². The third-order valence-electron chi connectivity index (χ3n) is 4.15. The zero-order chi connectivity index (χ0) is 22.4. The first-order chi connectivity index (χ1) is 14.9. The smallest absolute Gasteiger partial charge is 0.266 e. The van der Waals surface area contributed by atoms with Gasteiger partial charge in [-0.2, -0.15) is 5.26 Å². The van der Waals surface area contributed by atoms with Crippen LogP contribution in [0.3, 0.4) is 0 Å². The molecule has 3 rings (SSSR count). The van der Waals surface area contributed by atoms with Crippen LogP contribution in [0.4, 0.5) is 10.1 Å². The summed E-state index contributed by atoms with van der Waals surface area (Å²) in [6.07, 6.45) is 1.49. The molecule has 0 atom stereocenters. The number of hydrogen-bond donors (Lipinski definition) is 2. The van der Waals surface area contributed by atoms with Crippen LogP contribution in [0.5, 0.6) is 11.5 Å². The van der Waals surface area contributed by atoms with Crippen LogP contribution in [0.1, 0.15) is 11.1 Å². The Balaban J connectivity index is 1.77. The molecule has 0 aromatic heterocycles. The van der Waals surface area contributed by atoms with Crippen LogP contribution in [0.2, 0.25) is 0 Å². The fourth-order valence-corrected chi connectivity index (χ4v) is 4.75. The molecular formula is C23H15FI2N2O3. The van der Waals surface area contributed by atoms with E-state index in [9.17, 15) is 19.6 Å². The number of ether oxygens (including phenoxy) is 1. The molecule has 0 fully saturated rings. The minimum absolute atomic E-state index is 0.0697. The molecule has 0 spiro atoms. The van der Waals surface area contributed by atoms with Gasteiger partial charge in [-0.05, 0) is 99.3 Å². The molecule has 0 saturated carbocycles. The lowest BCUT2D eigenvalue weighted by Gasteiger charge is -2.12. The van der Waals surface area contributed by atoms with Crippen molar-refractivity contribution in [3.63, 3.8) is 0 Å². The average Bonchev–Trinajstić information content (AvgIpc) is 2.74. The standard InChI is InChI=1S/C23H15FI2N2O3/c24-19-4-2-1-3-15(19)13-31-22-20(25)10-14(11-21(22)26)9-16(12-27)23(30)28-17-5-7-18(29)8-6-17/h1-11,29H,13H2,(H,28,30)/b16-9+. The zero-order valence-electron chi connectivity index (χ0n) is 15.9. The molecule has 0 heterocycles. The second-order valence-corrected chi connectivity index (χ2v) is 8.69. The van der Waals surface area contributed by atoms with Gasteiger partial charge < -0.3 is 15.2 Å². The number of benzene rings is 3. The van der Waals surface area contributed by atoms with Crippen molar-refractivity contribution in [1.82, 2.24) is 0 Å². The normalized spacial score (nSPS) is 11.0. The number of aromatic hydroxyl groups is 1. The van der Waals surface area contributed by atoms with Crippen molar-refractivity contribution in [3.8, 4) is 17.6 Å². The average molecular weight is 640 g/mol. The number of phenolic OH excluding ortho intramolecular Hbond substituents is 1. The molecule has 156 valence electrons. The van der Waals surface area contributed by atoms with Crippen LogP contribution in [0, 0.1) is 24.3 Å². The Morgan fingerprint density at radius 3 is 2.39 bits per heavy atom. The highest BCUT2D eigenvalue weighted by Gasteiger charge is 2.13. The van der Waals surface area contributed by atoms with Gasteiger partial charge in [0.1, 0.15) is 35.6 Å². The summed E-state index contributed by atoms with van der Waals surface area (Å²) >= 11 is 4.20. The number of phenols is 1. The first kappa shape index (κ1) is 23.0. The van der Waals surface area contributed by atoms with Gasteiger partial charge in [0.25, 0.3) is 5.91 Å². The van der Waals surface area contributed by atoms with Crippen molar-refractivity contribution >= 4 is 62.9 Å². The van der Waals surface area contributed by atoms with Crippen LogP contribution >= 0.6 is 45.2 Å². The summed E-state index contributed by atoms with van der Waals surface area (Å²) in [5, 5.41) is 21.4. The van der Waals surface area contributed by atoms with Gasteiger partial charge in [-0.1, -0.05) is 18.2 Å². The Morgan fingerprint density at radius 2 is 1.77 bits per heavy atom. The lowest BCUT2D eigenvalue weighted by atomic mass is 10.1. The molecule has 0 aliphatic heterocycles. The highest BCUT2D eigenvalue weighted by molar-refractivity contribution is 14.1. The minimum Gasteiger partial charge on any atom is -0.508 e. The molecule has 0 radical (unpaired) electrons. The predicted molar refractivity (Wildman–Crippen MR) is 133 cm³/mol. The molecule has 0 unspecified atom stereocenters. The SMILES string of the molecule is N#C/C(=C\c1cc(I)c(OCc2ccccc2F)c(I)c1)C(=O)Nc1ccc(O)cc1. The summed E-state index contributed by atoms with van der Waals surface area (Å²) in [4.78, 5) is 12.4. The van der Waals surface area contributed by atoms with Crippen molar-refractivity contribution in [3.05, 3.63) is 90.3 Å². The largest absolute Gasteiger partial charge is 0.508 e. The summed E-state index contributed by atoms with van der Waals surface area (Å²) in [6.45, 7) is 0.0896. The summed E-state index contributed by atoms with van der Waals surface area (Å²) in [5.74, 6) is -0.201. The van der Waals surface area contributed by atoms with E-state index in [1.165, 1.54) is 36.4 Å². The number of nitrogens with zero attached hydrogens (tertiary/aromatic N) is 1. The van der Waals surface area contributed by atoms with Crippen molar-refractivity contribution in [1.29, 1.82) is 5.26 Å². The van der Waals surface area contributed by atoms with Crippen LogP contribution in [-0.4, -0.2) is 11.0 Å². The molecule has 31 heavy (non-hydrogen) atoms. The lowest BCUT2D eigenvalue weighted by molar-refractivity contribution is -0.112. The van der Waals surface area contributed by atoms with Gasteiger partial charge in [-0.15, -0.1) is 0 Å². The molecular weight excluding hydrogens is 625 g/mol. The van der Waals surface area contributed by atoms with E-state index < -0.39 is 5.91 Å². The number of rotatable bonds is 6. The third-order valence-corrected chi connectivity index (χ3v) is 5.75. The maximum Gasteiger partial charge on any atom is 0.266 e. The quantitative estimate of drug-likeness (QED) is 0.153. The Kier molecular flexibility index (Phi) is 7.86. The summed E-state index contributed by atoms with van der Waals surface area (Å²) in [5.41, 5.74) is 1.50. The molecule has 8 heteroatoms. The fraction of sp³-hybridized carbons (Fsp3) is 0.0435. The molecule has 3 aromatic rings. The minimum atomic E-state index is -0.557. The van der Waals surface area contributed by atoms with Crippen LogP contribution in [0.15, 0.2) is 66.2 Å². The van der Waals surface area contributed by atoms with Gasteiger partial charge in [-0.3, -0.25) is 4.79 Å². The fourth-order valence-electron chi connectivity index (χ4n) is 2.62. The molecule has 3 aromatic carbocycles. The van der Waals surface area contributed by atoms with Gasteiger partial charge in [0.2, 0.25) is 0 Å². The Bertz CT molecular complexity index is 1170. The van der Waals surface area contributed by atoms with E-state index in [0.29, 0.717) is 22.6 Å². The van der Waals surface area contributed by atoms with E-state index in [1.54, 1.807) is 30.3 Å². The highest BCUT2D eigenvalue weighted by atomic mass is 127. The molecule has 1 amide bonds. The molecule has 0 saturated heterocycles. The van der Waals surface area contributed by atoms with E-state index in [-0.39, 0.29) is 23.7 Å². The van der Waals surface area contributed by atoms with Crippen LogP contribution in [0.25, 0.3) is 6.08 Å². The first-order valence-corrected chi connectivity index (χ1v) is 11.1. The van der Waals surface area contributed by atoms with E-state index in [1.807, 2.05) is 6.07 Å². The number of hydrogen-bond acceptors (Lipinski definition) is 4. The van der Waals surface area contributed by atoms with Gasteiger partial charge in [-0.25, -0.2) is 4.39 Å². The maximum atomic E-state index is 13.8. The first-order valence-electron chi connectivity index (χ1n) is 8.95. The van der Waals surface area contributed by atoms with Crippen LogP contribution in [-0.2, 0) is 11.4 Å². The number of amides is 1. The summed E-state index contributed by atoms with van der Waals surface area (Å²) < 4.78 is 21.2. The monoisotopic (exact) mass is 640 g/mol. The van der Waals surface area contributed by atoms with Crippen molar-refractivity contribution in [2.24, 2.45) is 0 Å². The summed E-state index contributed by atoms with van der Waals surface area (Å²) in [7, 11) is 0. The Labute approximate surface area is 205 Å². The second kappa shape index (κ2) is 10.6. The summed E-state index contributed by atoms with van der Waals surface area (Å²) in [6, 6.07) is 17.9. The number of halogens is 3. The van der Waals surface area contributed by atoms with Crippen molar-refractivity contribution in [2.75, 3.05) is 5.32 Å². The third kappa shape index (κ3) is 6.18.